The average Bonchev–Trinajstić information content (AvgIpc) is 2.85. The summed E-state index contributed by atoms with van der Waals surface area (Å²) in [6.45, 7) is -0.113. The molecule has 6 heteroatoms. The van der Waals surface area contributed by atoms with Gasteiger partial charge >= 0.3 is 0 Å². The molecule has 102 valence electrons. The van der Waals surface area contributed by atoms with Crippen LogP contribution in [0.2, 0.25) is 0 Å². The number of para-hydroxylation sites is 1. The zero-order valence-corrected chi connectivity index (χ0v) is 11.3. The third-order valence-electron chi connectivity index (χ3n) is 2.65. The molecule has 1 aromatic carbocycles. The van der Waals surface area contributed by atoms with E-state index in [0.29, 0.717) is 5.69 Å². The minimum Gasteiger partial charge on any atom is -0.396 e. The first-order valence-electron chi connectivity index (χ1n) is 6.02. The van der Waals surface area contributed by atoms with E-state index in [-0.39, 0.29) is 24.5 Å². The molecule has 0 saturated carbocycles. The van der Waals surface area contributed by atoms with Crippen LogP contribution in [0.5, 0.6) is 0 Å². The second kappa shape index (κ2) is 5.99. The predicted octanol–water partition coefficient (Wildman–Crippen LogP) is 1.17. The second-order valence-corrected chi connectivity index (χ2v) is 6.44. The second-order valence-electron chi connectivity index (χ2n) is 4.26. The topological polar surface area (TPSA) is 72.2 Å². The van der Waals surface area contributed by atoms with Crippen LogP contribution < -0.4 is 0 Å². The van der Waals surface area contributed by atoms with Gasteiger partial charge in [-0.2, -0.15) is 5.10 Å². The number of rotatable bonds is 6. The van der Waals surface area contributed by atoms with Gasteiger partial charge in [0, 0.05) is 12.8 Å². The van der Waals surface area contributed by atoms with Gasteiger partial charge in [0.1, 0.15) is 0 Å². The molecule has 1 N–H and O–H groups in total. The zero-order chi connectivity index (χ0) is 13.7. The standard InChI is InChI=1S/C13H16N2O3S/c16-9-4-10-19(17,18)11-12-7-8-15(14-12)13-5-2-1-3-6-13/h1-3,5-8,16H,4,9-11H2. The fourth-order valence-electron chi connectivity index (χ4n) is 1.75. The van der Waals surface area contributed by atoms with E-state index in [2.05, 4.69) is 5.10 Å². The fraction of sp³-hybridized carbons (Fsp3) is 0.308. The van der Waals surface area contributed by atoms with E-state index in [1.807, 2.05) is 30.3 Å². The third kappa shape index (κ3) is 3.90. The SMILES string of the molecule is O=S(=O)(CCCO)Cc1ccn(-c2ccccc2)n1. The quantitative estimate of drug-likeness (QED) is 0.862. The van der Waals surface area contributed by atoms with E-state index < -0.39 is 9.84 Å². The van der Waals surface area contributed by atoms with E-state index in [0.717, 1.165) is 5.69 Å². The van der Waals surface area contributed by atoms with Crippen LogP contribution in [0.25, 0.3) is 5.69 Å². The van der Waals surface area contributed by atoms with Gasteiger partial charge in [0.25, 0.3) is 0 Å². The molecule has 1 aromatic heterocycles. The van der Waals surface area contributed by atoms with Gasteiger partial charge in [0.2, 0.25) is 0 Å². The van der Waals surface area contributed by atoms with E-state index in [9.17, 15) is 8.42 Å². The molecule has 0 aliphatic heterocycles. The van der Waals surface area contributed by atoms with Crippen LogP contribution in [-0.2, 0) is 15.6 Å². The summed E-state index contributed by atoms with van der Waals surface area (Å²) < 4.78 is 25.1. The lowest BCUT2D eigenvalue weighted by atomic mass is 10.3. The molecule has 2 rings (SSSR count). The largest absolute Gasteiger partial charge is 0.396 e. The van der Waals surface area contributed by atoms with Gasteiger partial charge in [0.15, 0.2) is 9.84 Å². The van der Waals surface area contributed by atoms with Crippen molar-refractivity contribution in [1.82, 2.24) is 9.78 Å². The van der Waals surface area contributed by atoms with Gasteiger partial charge in [-0.25, -0.2) is 13.1 Å². The van der Waals surface area contributed by atoms with Gasteiger partial charge in [-0.15, -0.1) is 0 Å². The molecule has 0 radical (unpaired) electrons. The molecule has 1 heterocycles. The molecule has 0 bridgehead atoms. The van der Waals surface area contributed by atoms with Crippen LogP contribution in [0.1, 0.15) is 12.1 Å². The van der Waals surface area contributed by atoms with Gasteiger partial charge < -0.3 is 5.11 Å². The van der Waals surface area contributed by atoms with E-state index in [1.54, 1.807) is 16.9 Å². The summed E-state index contributed by atoms with van der Waals surface area (Å²) in [4.78, 5) is 0. The van der Waals surface area contributed by atoms with E-state index in [4.69, 9.17) is 5.11 Å². The number of hydrogen-bond donors (Lipinski definition) is 1. The van der Waals surface area contributed by atoms with Crippen molar-refractivity contribution in [2.45, 2.75) is 12.2 Å². The molecule has 0 spiro atoms. The van der Waals surface area contributed by atoms with Gasteiger partial charge in [-0.3, -0.25) is 0 Å². The van der Waals surface area contributed by atoms with Crippen molar-refractivity contribution < 1.29 is 13.5 Å². The Morgan fingerprint density at radius 3 is 2.58 bits per heavy atom. The number of aliphatic hydroxyl groups is 1. The van der Waals surface area contributed by atoms with Crippen LogP contribution in [0.3, 0.4) is 0 Å². The molecule has 0 fully saturated rings. The van der Waals surface area contributed by atoms with Crippen molar-refractivity contribution in [3.05, 3.63) is 48.3 Å². The lowest BCUT2D eigenvalue weighted by Gasteiger charge is -2.01. The lowest BCUT2D eigenvalue weighted by molar-refractivity contribution is 0.295. The molecular formula is C13H16N2O3S. The van der Waals surface area contributed by atoms with Crippen molar-refractivity contribution in [3.63, 3.8) is 0 Å². The van der Waals surface area contributed by atoms with Gasteiger partial charge in [-0.1, -0.05) is 18.2 Å². The molecule has 0 unspecified atom stereocenters. The maximum absolute atomic E-state index is 11.7. The van der Waals surface area contributed by atoms with Gasteiger partial charge in [-0.05, 0) is 24.6 Å². The van der Waals surface area contributed by atoms with Crippen LogP contribution >= 0.6 is 0 Å². The number of hydrogen-bond acceptors (Lipinski definition) is 4. The number of sulfone groups is 1. The maximum Gasteiger partial charge on any atom is 0.156 e. The summed E-state index contributed by atoms with van der Waals surface area (Å²) in [5, 5.41) is 12.9. The molecule has 0 saturated heterocycles. The Bertz CT molecular complexity index is 620. The molecule has 2 aromatic rings. The Kier molecular flexibility index (Phi) is 4.34. The summed E-state index contributed by atoms with van der Waals surface area (Å²) in [6, 6.07) is 11.2. The van der Waals surface area contributed by atoms with Crippen molar-refractivity contribution in [2.24, 2.45) is 0 Å². The molecule has 0 atom stereocenters. The predicted molar refractivity (Wildman–Crippen MR) is 72.8 cm³/mol. The molecule has 0 amide bonds. The summed E-state index contributed by atoms with van der Waals surface area (Å²) >= 11 is 0. The van der Waals surface area contributed by atoms with Gasteiger partial charge in [0.05, 0.1) is 22.9 Å². The first-order valence-corrected chi connectivity index (χ1v) is 7.84. The molecule has 0 aliphatic rings. The Labute approximate surface area is 112 Å². The molecule has 5 nitrogen and oxygen atoms in total. The first kappa shape index (κ1) is 13.8. The highest BCUT2D eigenvalue weighted by atomic mass is 32.2. The maximum atomic E-state index is 11.7. The van der Waals surface area contributed by atoms with Crippen LogP contribution in [0, 0.1) is 0 Å². The van der Waals surface area contributed by atoms with Crippen molar-refractivity contribution >= 4 is 9.84 Å². The molecule has 0 aliphatic carbocycles. The highest BCUT2D eigenvalue weighted by Gasteiger charge is 2.13. The number of benzene rings is 1. The minimum atomic E-state index is -3.20. The molecular weight excluding hydrogens is 264 g/mol. The van der Waals surface area contributed by atoms with Crippen LogP contribution in [-0.4, -0.2) is 35.7 Å². The highest BCUT2D eigenvalue weighted by Crippen LogP contribution is 2.10. The van der Waals surface area contributed by atoms with Crippen molar-refractivity contribution in [3.8, 4) is 5.69 Å². The van der Waals surface area contributed by atoms with Crippen molar-refractivity contribution in [2.75, 3.05) is 12.4 Å². The Balaban J connectivity index is 2.10. The lowest BCUT2D eigenvalue weighted by Crippen LogP contribution is -2.11. The van der Waals surface area contributed by atoms with E-state index >= 15 is 0 Å². The van der Waals surface area contributed by atoms with Crippen molar-refractivity contribution in [1.29, 1.82) is 0 Å². The summed E-state index contributed by atoms with van der Waals surface area (Å²) in [6.07, 6.45) is 2.01. The summed E-state index contributed by atoms with van der Waals surface area (Å²) in [5.74, 6) is -0.103. The average molecular weight is 280 g/mol. The number of aromatic nitrogens is 2. The van der Waals surface area contributed by atoms with Crippen LogP contribution in [0.15, 0.2) is 42.6 Å². The molecule has 19 heavy (non-hydrogen) atoms. The number of aliphatic hydroxyl groups excluding tert-OH is 1. The first-order chi connectivity index (χ1) is 9.11. The van der Waals surface area contributed by atoms with E-state index in [1.165, 1.54) is 0 Å². The zero-order valence-electron chi connectivity index (χ0n) is 10.4. The third-order valence-corrected chi connectivity index (χ3v) is 4.29. The number of nitrogens with zero attached hydrogens (tertiary/aromatic N) is 2. The van der Waals surface area contributed by atoms with Crippen LogP contribution in [0.4, 0.5) is 0 Å². The Morgan fingerprint density at radius 2 is 1.89 bits per heavy atom. The highest BCUT2D eigenvalue weighted by molar-refractivity contribution is 7.90. The summed E-state index contributed by atoms with van der Waals surface area (Å²) in [7, 11) is -3.20. The smallest absolute Gasteiger partial charge is 0.156 e. The normalized spacial score (nSPS) is 11.6. The fourth-order valence-corrected chi connectivity index (χ4v) is 3.06. The minimum absolute atomic E-state index is 0.0122. The Morgan fingerprint density at radius 1 is 1.16 bits per heavy atom. The monoisotopic (exact) mass is 280 g/mol. The Hall–Kier alpha value is -1.66. The summed E-state index contributed by atoms with van der Waals surface area (Å²) in [5.41, 5.74) is 1.41.